The van der Waals surface area contributed by atoms with Crippen LogP contribution >= 0.6 is 0 Å². The summed E-state index contributed by atoms with van der Waals surface area (Å²) in [4.78, 5) is 13.5. The van der Waals surface area contributed by atoms with Gasteiger partial charge in [-0.05, 0) is 13.8 Å². The molecule has 0 bridgehead atoms. The van der Waals surface area contributed by atoms with Crippen LogP contribution < -0.4 is 0 Å². The maximum atomic E-state index is 13.7. The third kappa shape index (κ3) is 3.36. The summed E-state index contributed by atoms with van der Waals surface area (Å²) in [7, 11) is 0. The lowest BCUT2D eigenvalue weighted by Crippen LogP contribution is -2.55. The first-order valence-corrected chi connectivity index (χ1v) is 6.46. The van der Waals surface area contributed by atoms with Crippen LogP contribution in [0.15, 0.2) is 12.1 Å². The van der Waals surface area contributed by atoms with Crippen molar-refractivity contribution in [3.05, 3.63) is 35.1 Å². The van der Waals surface area contributed by atoms with Crippen molar-refractivity contribution in [2.24, 2.45) is 0 Å². The fourth-order valence-corrected chi connectivity index (χ4v) is 2.45. The number of ether oxygens (including phenoxy) is 1. The van der Waals surface area contributed by atoms with E-state index in [4.69, 9.17) is 4.74 Å². The molecule has 1 amide bonds. The minimum atomic E-state index is -1.25. The van der Waals surface area contributed by atoms with Gasteiger partial charge in [-0.2, -0.15) is 0 Å². The van der Waals surface area contributed by atoms with Gasteiger partial charge in [-0.15, -0.1) is 0 Å². The van der Waals surface area contributed by atoms with Crippen molar-refractivity contribution in [1.82, 2.24) is 4.90 Å². The predicted octanol–water partition coefficient (Wildman–Crippen LogP) is 1.72. The summed E-state index contributed by atoms with van der Waals surface area (Å²) in [5, 5.41) is 9.18. The molecule has 7 heteroatoms. The zero-order valence-electron chi connectivity index (χ0n) is 11.7. The lowest BCUT2D eigenvalue weighted by molar-refractivity contribution is -0.139. The molecule has 0 spiro atoms. The van der Waals surface area contributed by atoms with Gasteiger partial charge in [-0.3, -0.25) is 4.79 Å². The Morgan fingerprint density at radius 1 is 1.38 bits per heavy atom. The average Bonchev–Trinajstić information content (AvgIpc) is 2.35. The molecule has 1 unspecified atom stereocenters. The predicted molar refractivity (Wildman–Crippen MR) is 68.3 cm³/mol. The van der Waals surface area contributed by atoms with Crippen molar-refractivity contribution >= 4 is 5.91 Å². The van der Waals surface area contributed by atoms with E-state index in [1.165, 1.54) is 4.90 Å². The molecule has 1 heterocycles. The number of hydrogen-bond donors (Lipinski definition) is 1. The van der Waals surface area contributed by atoms with E-state index in [1.54, 1.807) is 13.8 Å². The van der Waals surface area contributed by atoms with Crippen molar-refractivity contribution in [1.29, 1.82) is 0 Å². The number of aliphatic hydroxyl groups is 1. The van der Waals surface area contributed by atoms with E-state index >= 15 is 0 Å². The van der Waals surface area contributed by atoms with Gasteiger partial charge >= 0.3 is 0 Å². The van der Waals surface area contributed by atoms with Crippen LogP contribution in [0.3, 0.4) is 0 Å². The monoisotopic (exact) mass is 303 g/mol. The zero-order chi connectivity index (χ0) is 15.8. The summed E-state index contributed by atoms with van der Waals surface area (Å²) in [5.41, 5.74) is -1.56. The molecular formula is C14H16F3NO3. The highest BCUT2D eigenvalue weighted by Crippen LogP contribution is 2.24. The third-order valence-electron chi connectivity index (χ3n) is 3.19. The van der Waals surface area contributed by atoms with Crippen LogP contribution in [0, 0.1) is 17.5 Å². The van der Waals surface area contributed by atoms with Crippen molar-refractivity contribution < 1.29 is 27.8 Å². The molecule has 1 atom stereocenters. The molecular weight excluding hydrogens is 287 g/mol. The largest absolute Gasteiger partial charge is 0.394 e. The summed E-state index contributed by atoms with van der Waals surface area (Å²) >= 11 is 0. The molecule has 116 valence electrons. The Labute approximate surface area is 120 Å². The fourth-order valence-electron chi connectivity index (χ4n) is 2.45. The van der Waals surface area contributed by atoms with E-state index in [0.29, 0.717) is 12.1 Å². The lowest BCUT2D eigenvalue weighted by atomic mass is 10.0. The van der Waals surface area contributed by atoms with E-state index in [9.17, 15) is 23.1 Å². The third-order valence-corrected chi connectivity index (χ3v) is 3.19. The van der Waals surface area contributed by atoms with Crippen LogP contribution in [-0.2, 0) is 4.74 Å². The second-order valence-electron chi connectivity index (χ2n) is 5.61. The molecule has 0 radical (unpaired) electrons. The summed E-state index contributed by atoms with van der Waals surface area (Å²) in [6.07, 6.45) is -0.635. The molecule has 1 aliphatic rings. The second-order valence-corrected chi connectivity index (χ2v) is 5.61. The number of aliphatic hydroxyl groups excluding tert-OH is 1. The summed E-state index contributed by atoms with van der Waals surface area (Å²) in [6.45, 7) is 3.20. The first-order chi connectivity index (χ1) is 9.73. The Kier molecular flexibility index (Phi) is 4.25. The minimum Gasteiger partial charge on any atom is -0.394 e. The Morgan fingerprint density at radius 2 is 1.95 bits per heavy atom. The van der Waals surface area contributed by atoms with Crippen LogP contribution in [0.5, 0.6) is 0 Å². The molecule has 1 saturated heterocycles. The van der Waals surface area contributed by atoms with E-state index in [2.05, 4.69) is 0 Å². The van der Waals surface area contributed by atoms with Gasteiger partial charge in [-0.1, -0.05) is 0 Å². The molecule has 1 aliphatic heterocycles. The smallest absolute Gasteiger partial charge is 0.260 e. The molecule has 1 aromatic carbocycles. The highest BCUT2D eigenvalue weighted by atomic mass is 19.1. The molecule has 1 fully saturated rings. The number of benzene rings is 1. The van der Waals surface area contributed by atoms with Crippen molar-refractivity contribution in [3.63, 3.8) is 0 Å². The molecule has 0 aromatic heterocycles. The Morgan fingerprint density at radius 3 is 2.48 bits per heavy atom. The normalized spacial score (nSPS) is 21.4. The molecule has 2 rings (SSSR count). The van der Waals surface area contributed by atoms with Gasteiger partial charge in [0, 0.05) is 25.2 Å². The number of halogens is 3. The van der Waals surface area contributed by atoms with Crippen LogP contribution in [0.1, 0.15) is 24.2 Å². The van der Waals surface area contributed by atoms with Gasteiger partial charge in [0.25, 0.3) is 5.91 Å². The van der Waals surface area contributed by atoms with E-state index in [-0.39, 0.29) is 19.7 Å². The number of carbonyl (C=O) groups excluding carboxylic acids is 1. The van der Waals surface area contributed by atoms with Crippen molar-refractivity contribution in [3.8, 4) is 0 Å². The Balaban J connectivity index is 2.31. The van der Waals surface area contributed by atoms with Crippen LogP contribution in [-0.4, -0.2) is 47.3 Å². The number of rotatable bonds is 2. The van der Waals surface area contributed by atoms with Gasteiger partial charge in [0.2, 0.25) is 0 Å². The Bertz CT molecular complexity index is 539. The van der Waals surface area contributed by atoms with Gasteiger partial charge in [0.1, 0.15) is 23.0 Å². The van der Waals surface area contributed by atoms with E-state index in [1.807, 2.05) is 0 Å². The van der Waals surface area contributed by atoms with Crippen molar-refractivity contribution in [2.45, 2.75) is 25.6 Å². The summed E-state index contributed by atoms with van der Waals surface area (Å²) in [5.74, 6) is -4.47. The lowest BCUT2D eigenvalue weighted by Gasteiger charge is -2.42. The van der Waals surface area contributed by atoms with Gasteiger partial charge in [0.05, 0.1) is 18.3 Å². The first-order valence-electron chi connectivity index (χ1n) is 6.46. The van der Waals surface area contributed by atoms with Crippen molar-refractivity contribution in [2.75, 3.05) is 19.7 Å². The number of carbonyl (C=O) groups is 1. The molecule has 1 aromatic rings. The van der Waals surface area contributed by atoms with Crippen LogP contribution in [0.4, 0.5) is 13.2 Å². The highest BCUT2D eigenvalue weighted by molar-refractivity contribution is 5.95. The van der Waals surface area contributed by atoms with Gasteiger partial charge in [0.15, 0.2) is 0 Å². The zero-order valence-corrected chi connectivity index (χ0v) is 11.7. The summed E-state index contributed by atoms with van der Waals surface area (Å²) < 4.78 is 45.8. The van der Waals surface area contributed by atoms with E-state index < -0.39 is 40.6 Å². The molecule has 1 N–H and O–H groups in total. The maximum absolute atomic E-state index is 13.7. The van der Waals surface area contributed by atoms with Gasteiger partial charge in [-0.25, -0.2) is 13.2 Å². The van der Waals surface area contributed by atoms with Crippen LogP contribution in [0.25, 0.3) is 0 Å². The Hall–Kier alpha value is -1.60. The highest BCUT2D eigenvalue weighted by Gasteiger charge is 2.37. The molecule has 21 heavy (non-hydrogen) atoms. The molecule has 0 aliphatic carbocycles. The topological polar surface area (TPSA) is 49.8 Å². The molecule has 4 nitrogen and oxygen atoms in total. The molecule has 0 saturated carbocycles. The first kappa shape index (κ1) is 15.8. The second kappa shape index (κ2) is 5.65. The summed E-state index contributed by atoms with van der Waals surface area (Å²) in [6, 6.07) is 0.927. The quantitative estimate of drug-likeness (QED) is 0.905. The number of hydrogen-bond acceptors (Lipinski definition) is 3. The maximum Gasteiger partial charge on any atom is 0.260 e. The number of morpholine rings is 1. The number of nitrogens with zero attached hydrogens (tertiary/aromatic N) is 1. The minimum absolute atomic E-state index is 0.00895. The standard InChI is InChI=1S/C14H16F3NO3/c1-14(2)7-18(5-9(6-19)21-14)13(20)12-10(16)3-8(15)4-11(12)17/h3-4,9,19H,5-7H2,1-2H3. The fraction of sp³-hybridized carbons (Fsp3) is 0.500. The average molecular weight is 303 g/mol. The number of amides is 1. The van der Waals surface area contributed by atoms with E-state index in [0.717, 1.165) is 0 Å². The van der Waals surface area contributed by atoms with Gasteiger partial charge < -0.3 is 14.7 Å². The van der Waals surface area contributed by atoms with Crippen LogP contribution in [0.2, 0.25) is 0 Å². The SMILES string of the molecule is CC1(C)CN(C(=O)c2c(F)cc(F)cc2F)CC(CO)O1.